The topological polar surface area (TPSA) is 103 Å². The highest BCUT2D eigenvalue weighted by Gasteiger charge is 2.12. The second-order valence-electron chi connectivity index (χ2n) is 5.78. The van der Waals surface area contributed by atoms with Gasteiger partial charge in [0.15, 0.2) is 6.61 Å². The minimum Gasteiger partial charge on any atom is -0.484 e. The lowest BCUT2D eigenvalue weighted by atomic mass is 10.2. The fourth-order valence-electron chi connectivity index (χ4n) is 2.42. The highest BCUT2D eigenvalue weighted by atomic mass is 32.1. The Balaban J connectivity index is 1.42. The van der Waals surface area contributed by atoms with Gasteiger partial charge in [0.1, 0.15) is 10.8 Å². The quantitative estimate of drug-likeness (QED) is 0.534. The zero-order chi connectivity index (χ0) is 19.3. The molecule has 0 unspecified atom stereocenters. The van der Waals surface area contributed by atoms with Gasteiger partial charge in [-0.05, 0) is 25.1 Å². The summed E-state index contributed by atoms with van der Waals surface area (Å²) in [6.07, 6.45) is 0. The maximum absolute atomic E-state index is 12.0. The van der Waals surface area contributed by atoms with Gasteiger partial charge in [-0.1, -0.05) is 52.9 Å². The lowest BCUT2D eigenvalue weighted by Gasteiger charge is -2.06. The number of hydrogen-bond acceptors (Lipinski definition) is 8. The number of rotatable bonds is 6. The first kappa shape index (κ1) is 17.8. The number of aromatic nitrogens is 4. The molecule has 0 saturated heterocycles. The van der Waals surface area contributed by atoms with Crippen LogP contribution in [0, 0.1) is 6.92 Å². The number of carbonyl (C=O) groups is 1. The van der Waals surface area contributed by atoms with Crippen molar-refractivity contribution in [1.82, 2.24) is 20.3 Å². The first-order valence-corrected chi connectivity index (χ1v) is 9.21. The fourth-order valence-corrected chi connectivity index (χ4v) is 3.02. The molecule has 0 aliphatic carbocycles. The van der Waals surface area contributed by atoms with Crippen molar-refractivity contribution >= 4 is 22.4 Å². The van der Waals surface area contributed by atoms with Crippen molar-refractivity contribution in [2.75, 3.05) is 11.9 Å². The minimum atomic E-state index is -0.314. The Hall–Kier alpha value is -3.59. The normalized spacial score (nSPS) is 10.6. The summed E-state index contributed by atoms with van der Waals surface area (Å²) in [6, 6.07) is 16.7. The van der Waals surface area contributed by atoms with E-state index in [0.29, 0.717) is 28.2 Å². The molecule has 0 fully saturated rings. The van der Waals surface area contributed by atoms with E-state index < -0.39 is 0 Å². The number of hydrogen-bond donors (Lipinski definition) is 1. The van der Waals surface area contributed by atoms with Gasteiger partial charge in [0.05, 0.1) is 0 Å². The molecule has 2 aromatic heterocycles. The molecule has 0 atom stereocenters. The molecular weight excluding hydrogens is 378 g/mol. The number of nitrogens with one attached hydrogen (secondary N) is 1. The average Bonchev–Trinajstić information content (AvgIpc) is 3.37. The molecule has 0 spiro atoms. The summed E-state index contributed by atoms with van der Waals surface area (Å²) in [5.41, 5.74) is 1.57. The third-order valence-corrected chi connectivity index (χ3v) is 4.44. The van der Waals surface area contributed by atoms with E-state index in [1.807, 2.05) is 43.3 Å². The fraction of sp³-hybridized carbons (Fsp3) is 0.105. The molecule has 140 valence electrons. The third-order valence-electron chi connectivity index (χ3n) is 3.68. The minimum absolute atomic E-state index is 0.152. The van der Waals surface area contributed by atoms with Crippen LogP contribution in [0.15, 0.2) is 59.1 Å². The summed E-state index contributed by atoms with van der Waals surface area (Å²) in [4.78, 5) is 16.4. The molecule has 1 N–H and O–H groups in total. The second-order valence-corrected chi connectivity index (χ2v) is 6.96. The van der Waals surface area contributed by atoms with Crippen LogP contribution < -0.4 is 10.1 Å². The molecule has 0 aliphatic heterocycles. The van der Waals surface area contributed by atoms with Gasteiger partial charge in [-0.25, -0.2) is 0 Å². The standard InChI is InChI=1S/C19H15N5O3S/c1-12-22-23-19(28-12)20-16(25)11-26-15-9-5-8-14(10-15)18-21-17(24-27-18)13-6-3-2-4-7-13/h2-10H,11H2,1H3,(H,20,23,25). The number of ether oxygens (including phenoxy) is 1. The van der Waals surface area contributed by atoms with Crippen LogP contribution in [-0.4, -0.2) is 32.9 Å². The van der Waals surface area contributed by atoms with E-state index in [2.05, 4.69) is 25.7 Å². The van der Waals surface area contributed by atoms with Crippen LogP contribution in [0.25, 0.3) is 22.8 Å². The highest BCUT2D eigenvalue weighted by Crippen LogP contribution is 2.25. The smallest absolute Gasteiger partial charge is 0.264 e. The van der Waals surface area contributed by atoms with Crippen LogP contribution in [0.3, 0.4) is 0 Å². The van der Waals surface area contributed by atoms with Gasteiger partial charge in [0.2, 0.25) is 11.0 Å². The Kier molecular flexibility index (Phi) is 5.07. The van der Waals surface area contributed by atoms with Crippen molar-refractivity contribution in [2.45, 2.75) is 6.92 Å². The number of nitrogens with zero attached hydrogens (tertiary/aromatic N) is 4. The van der Waals surface area contributed by atoms with Crippen molar-refractivity contribution < 1.29 is 14.1 Å². The predicted molar refractivity (Wildman–Crippen MR) is 104 cm³/mol. The maximum atomic E-state index is 12.0. The monoisotopic (exact) mass is 393 g/mol. The first-order chi connectivity index (χ1) is 13.7. The molecule has 2 heterocycles. The molecule has 2 aromatic carbocycles. The number of benzene rings is 2. The van der Waals surface area contributed by atoms with E-state index in [0.717, 1.165) is 10.6 Å². The molecule has 28 heavy (non-hydrogen) atoms. The highest BCUT2D eigenvalue weighted by molar-refractivity contribution is 7.15. The Morgan fingerprint density at radius 1 is 1.11 bits per heavy atom. The van der Waals surface area contributed by atoms with Crippen LogP contribution >= 0.6 is 11.3 Å². The first-order valence-electron chi connectivity index (χ1n) is 8.40. The molecule has 4 rings (SSSR count). The Labute approximate surface area is 164 Å². The van der Waals surface area contributed by atoms with E-state index in [9.17, 15) is 4.79 Å². The van der Waals surface area contributed by atoms with E-state index in [4.69, 9.17) is 9.26 Å². The Bertz CT molecular complexity index is 1090. The molecule has 9 heteroatoms. The second kappa shape index (κ2) is 7.97. The van der Waals surface area contributed by atoms with Crippen molar-refractivity contribution in [2.24, 2.45) is 0 Å². The molecule has 0 aliphatic rings. The molecule has 0 radical (unpaired) electrons. The Morgan fingerprint density at radius 2 is 1.93 bits per heavy atom. The summed E-state index contributed by atoms with van der Waals surface area (Å²) in [5.74, 6) is 1.08. The summed E-state index contributed by atoms with van der Waals surface area (Å²) in [7, 11) is 0. The molecule has 8 nitrogen and oxygen atoms in total. The summed E-state index contributed by atoms with van der Waals surface area (Å²) in [6.45, 7) is 1.66. The SMILES string of the molecule is Cc1nnc(NC(=O)COc2cccc(-c3nc(-c4ccccc4)no3)c2)s1. The van der Waals surface area contributed by atoms with Crippen LogP contribution in [0.5, 0.6) is 5.75 Å². The van der Waals surface area contributed by atoms with Crippen LogP contribution in [-0.2, 0) is 4.79 Å². The third kappa shape index (κ3) is 4.21. The van der Waals surface area contributed by atoms with Gasteiger partial charge >= 0.3 is 0 Å². The largest absolute Gasteiger partial charge is 0.484 e. The van der Waals surface area contributed by atoms with E-state index >= 15 is 0 Å². The lowest BCUT2D eigenvalue weighted by Crippen LogP contribution is -2.20. The summed E-state index contributed by atoms with van der Waals surface area (Å²) in [5, 5.41) is 15.6. The van der Waals surface area contributed by atoms with Gasteiger partial charge in [-0.2, -0.15) is 4.98 Å². The van der Waals surface area contributed by atoms with Crippen molar-refractivity contribution in [3.63, 3.8) is 0 Å². The van der Waals surface area contributed by atoms with Crippen LogP contribution in [0.1, 0.15) is 5.01 Å². The number of amides is 1. The maximum Gasteiger partial charge on any atom is 0.264 e. The van der Waals surface area contributed by atoms with E-state index in [1.165, 1.54) is 11.3 Å². The molecule has 0 saturated carbocycles. The molecule has 1 amide bonds. The zero-order valence-electron chi connectivity index (χ0n) is 14.8. The van der Waals surface area contributed by atoms with Crippen LogP contribution in [0.2, 0.25) is 0 Å². The predicted octanol–water partition coefficient (Wildman–Crippen LogP) is 3.58. The summed E-state index contributed by atoms with van der Waals surface area (Å²) >= 11 is 1.30. The van der Waals surface area contributed by atoms with Crippen molar-refractivity contribution in [3.8, 4) is 28.6 Å². The van der Waals surface area contributed by atoms with Crippen molar-refractivity contribution in [1.29, 1.82) is 0 Å². The van der Waals surface area contributed by atoms with Gasteiger partial charge in [-0.15, -0.1) is 10.2 Å². The van der Waals surface area contributed by atoms with Gasteiger partial charge < -0.3 is 9.26 Å². The van der Waals surface area contributed by atoms with E-state index in [1.54, 1.807) is 18.2 Å². The van der Waals surface area contributed by atoms with Gasteiger partial charge in [0, 0.05) is 11.1 Å². The number of anilines is 1. The zero-order valence-corrected chi connectivity index (χ0v) is 15.6. The van der Waals surface area contributed by atoms with Crippen LogP contribution in [0.4, 0.5) is 5.13 Å². The van der Waals surface area contributed by atoms with Crippen molar-refractivity contribution in [3.05, 3.63) is 59.6 Å². The Morgan fingerprint density at radius 3 is 2.71 bits per heavy atom. The van der Waals surface area contributed by atoms with Gasteiger partial charge in [-0.3, -0.25) is 10.1 Å². The molecular formula is C19H15N5O3S. The molecule has 4 aromatic rings. The summed E-state index contributed by atoms with van der Waals surface area (Å²) < 4.78 is 10.9. The number of carbonyl (C=O) groups excluding carboxylic acids is 1. The molecule has 0 bridgehead atoms. The lowest BCUT2D eigenvalue weighted by molar-refractivity contribution is -0.118. The van der Waals surface area contributed by atoms with E-state index in [-0.39, 0.29) is 12.5 Å². The number of aryl methyl sites for hydroxylation is 1. The average molecular weight is 393 g/mol. The van der Waals surface area contributed by atoms with Gasteiger partial charge in [0.25, 0.3) is 11.8 Å².